The number of nitrogens with zero attached hydrogens (tertiary/aromatic N) is 1. The number of fused-ring (bicyclic) bond motifs is 1. The quantitative estimate of drug-likeness (QED) is 0.373. The Morgan fingerprint density at radius 3 is 1.70 bits per heavy atom. The first kappa shape index (κ1) is 21.3. The maximum absolute atomic E-state index is 6.89. The Morgan fingerprint density at radius 2 is 1.15 bits per heavy atom. The lowest BCUT2D eigenvalue weighted by Crippen LogP contribution is -2.36. The average molecular weight is 470 g/mol. The fraction of sp³-hybridized carbons (Fsp3) is 0.241. The second kappa shape index (κ2) is 9.55. The maximum atomic E-state index is 6.89. The molecular formula is C29H29NOP2. The van der Waals surface area contributed by atoms with Crippen molar-refractivity contribution in [1.29, 1.82) is 0 Å². The zero-order valence-electron chi connectivity index (χ0n) is 18.6. The van der Waals surface area contributed by atoms with Crippen molar-refractivity contribution in [3.63, 3.8) is 0 Å². The van der Waals surface area contributed by atoms with Gasteiger partial charge in [0, 0.05) is 36.4 Å². The maximum Gasteiger partial charge on any atom is 0.0720 e. The number of hydrogen-bond acceptors (Lipinski definition) is 2. The van der Waals surface area contributed by atoms with Gasteiger partial charge in [-0.2, -0.15) is 0 Å². The molecule has 0 amide bonds. The summed E-state index contributed by atoms with van der Waals surface area (Å²) in [7, 11) is -1.12. The minimum Gasteiger partial charge on any atom is -0.355 e. The molecule has 0 aromatic heterocycles. The molecule has 33 heavy (non-hydrogen) atoms. The summed E-state index contributed by atoms with van der Waals surface area (Å²) >= 11 is 0. The molecule has 0 saturated heterocycles. The van der Waals surface area contributed by atoms with E-state index in [1.165, 1.54) is 11.3 Å². The third-order valence-corrected chi connectivity index (χ3v) is 12.1. The van der Waals surface area contributed by atoms with Crippen molar-refractivity contribution in [1.82, 2.24) is 0 Å². The Kier molecular flexibility index (Phi) is 6.17. The average Bonchev–Trinajstić information content (AvgIpc) is 3.68. The molecule has 0 radical (unpaired) electrons. The molecule has 4 heteroatoms. The number of para-hydroxylation sites is 1. The topological polar surface area (TPSA) is 12.5 Å². The third kappa shape index (κ3) is 4.22. The van der Waals surface area contributed by atoms with Crippen molar-refractivity contribution in [2.45, 2.75) is 35.1 Å². The Labute approximate surface area is 199 Å². The lowest BCUT2D eigenvalue weighted by Gasteiger charge is -2.41. The molecule has 166 valence electrons. The highest BCUT2D eigenvalue weighted by Gasteiger charge is 2.41. The standard InChI is InChI=1S/C29H29NOP2/c1-10-20-29-23(11-1)21-24(22-31-33(27-16-6-7-17-27)28-18-8-9-19-28)30(29)32(25-12-2-3-13-25)26-14-4-5-15-26/h1-20,24-28H,21-22H2/t24-/m0/s1. The molecule has 4 aliphatic carbocycles. The first-order valence-corrected chi connectivity index (χ1v) is 14.7. The van der Waals surface area contributed by atoms with Gasteiger partial charge in [0.2, 0.25) is 0 Å². The van der Waals surface area contributed by atoms with Gasteiger partial charge in [0.15, 0.2) is 0 Å². The van der Waals surface area contributed by atoms with Crippen LogP contribution in [0.1, 0.15) is 5.56 Å². The molecule has 2 nitrogen and oxygen atoms in total. The van der Waals surface area contributed by atoms with Crippen LogP contribution in [0.5, 0.6) is 0 Å². The van der Waals surface area contributed by atoms with Gasteiger partial charge in [-0.1, -0.05) is 115 Å². The zero-order valence-corrected chi connectivity index (χ0v) is 20.4. The van der Waals surface area contributed by atoms with E-state index in [4.69, 9.17) is 4.52 Å². The van der Waals surface area contributed by atoms with Crippen LogP contribution in [0.25, 0.3) is 0 Å². The van der Waals surface area contributed by atoms with Gasteiger partial charge in [0.05, 0.1) is 20.8 Å². The first-order valence-electron chi connectivity index (χ1n) is 11.8. The van der Waals surface area contributed by atoms with Gasteiger partial charge >= 0.3 is 0 Å². The molecule has 0 N–H and O–H groups in total. The van der Waals surface area contributed by atoms with Crippen LogP contribution in [0.4, 0.5) is 5.69 Å². The second-order valence-electron chi connectivity index (χ2n) is 8.91. The van der Waals surface area contributed by atoms with Crippen molar-refractivity contribution in [3.8, 4) is 0 Å². The number of rotatable bonds is 8. The van der Waals surface area contributed by atoms with Crippen LogP contribution in [0.3, 0.4) is 0 Å². The molecule has 0 saturated carbocycles. The summed E-state index contributed by atoms with van der Waals surface area (Å²) < 4.78 is 9.65. The lowest BCUT2D eigenvalue weighted by molar-refractivity contribution is 0.321. The number of allylic oxidation sites excluding steroid dienone is 16. The molecular weight excluding hydrogens is 440 g/mol. The van der Waals surface area contributed by atoms with E-state index in [0.717, 1.165) is 13.0 Å². The van der Waals surface area contributed by atoms with Crippen LogP contribution >= 0.6 is 16.2 Å². The van der Waals surface area contributed by atoms with Crippen LogP contribution < -0.4 is 4.67 Å². The number of anilines is 1. The molecule has 5 aliphatic rings. The second-order valence-corrected chi connectivity index (χ2v) is 13.5. The van der Waals surface area contributed by atoms with E-state index in [0.29, 0.717) is 28.7 Å². The minimum atomic E-state index is -0.636. The van der Waals surface area contributed by atoms with Crippen LogP contribution in [0.2, 0.25) is 0 Å². The number of hydrogen-bond donors (Lipinski definition) is 0. The van der Waals surface area contributed by atoms with E-state index >= 15 is 0 Å². The molecule has 1 atom stereocenters. The van der Waals surface area contributed by atoms with Gasteiger partial charge in [-0.3, -0.25) is 0 Å². The Balaban J connectivity index is 1.30. The largest absolute Gasteiger partial charge is 0.355 e. The SMILES string of the molecule is C1=CC(P(OC[C@@H]2Cc3ccccc3N2P(C2C=CC=C2)C2C=CC=C2)C2C=CC=C2)C=C1. The summed E-state index contributed by atoms with van der Waals surface area (Å²) in [5, 5.41) is 0. The van der Waals surface area contributed by atoms with Crippen molar-refractivity contribution < 1.29 is 4.52 Å². The van der Waals surface area contributed by atoms with Crippen LogP contribution in [0.15, 0.2) is 121 Å². The van der Waals surface area contributed by atoms with E-state index in [1.54, 1.807) is 0 Å². The van der Waals surface area contributed by atoms with Crippen molar-refractivity contribution >= 4 is 21.9 Å². The molecule has 1 aromatic carbocycles. The summed E-state index contributed by atoms with van der Waals surface area (Å²) in [6.45, 7) is 0.774. The van der Waals surface area contributed by atoms with Crippen LogP contribution in [-0.2, 0) is 10.9 Å². The fourth-order valence-corrected chi connectivity index (χ4v) is 10.5. The predicted molar refractivity (Wildman–Crippen MR) is 144 cm³/mol. The van der Waals surface area contributed by atoms with Gasteiger partial charge in [-0.25, -0.2) is 0 Å². The highest BCUT2D eigenvalue weighted by atomic mass is 31.1. The molecule has 0 unspecified atom stereocenters. The molecule has 1 heterocycles. The lowest BCUT2D eigenvalue weighted by atomic mass is 10.1. The van der Waals surface area contributed by atoms with Gasteiger partial charge in [0.1, 0.15) is 0 Å². The van der Waals surface area contributed by atoms with E-state index in [9.17, 15) is 0 Å². The van der Waals surface area contributed by atoms with Crippen LogP contribution in [0, 0.1) is 0 Å². The summed E-state index contributed by atoms with van der Waals surface area (Å²) in [5.74, 6) is 0. The minimum absolute atomic E-state index is 0.368. The molecule has 6 rings (SSSR count). The Hall–Kier alpha value is -2.24. The summed E-state index contributed by atoms with van der Waals surface area (Å²) in [4.78, 5) is 0. The van der Waals surface area contributed by atoms with E-state index in [1.807, 2.05) is 0 Å². The summed E-state index contributed by atoms with van der Waals surface area (Å²) in [6.07, 6.45) is 37.4. The monoisotopic (exact) mass is 469 g/mol. The van der Waals surface area contributed by atoms with Crippen molar-refractivity contribution in [2.24, 2.45) is 0 Å². The van der Waals surface area contributed by atoms with Crippen molar-refractivity contribution in [3.05, 3.63) is 127 Å². The van der Waals surface area contributed by atoms with Gasteiger partial charge in [-0.15, -0.1) is 0 Å². The predicted octanol–water partition coefficient (Wildman–Crippen LogP) is 7.21. The fourth-order valence-electron chi connectivity index (χ4n) is 5.29. The van der Waals surface area contributed by atoms with Crippen molar-refractivity contribution in [2.75, 3.05) is 11.3 Å². The highest BCUT2D eigenvalue weighted by molar-refractivity contribution is 7.61. The van der Waals surface area contributed by atoms with Gasteiger partial charge < -0.3 is 9.19 Å². The third-order valence-electron chi connectivity index (χ3n) is 6.81. The van der Waals surface area contributed by atoms with E-state index in [2.05, 4.69) is 126 Å². The summed E-state index contributed by atoms with van der Waals surface area (Å²) in [5.41, 5.74) is 4.60. The van der Waals surface area contributed by atoms with E-state index in [-0.39, 0.29) is 0 Å². The summed E-state index contributed by atoms with van der Waals surface area (Å²) in [6, 6.07) is 9.38. The smallest absolute Gasteiger partial charge is 0.0720 e. The normalized spacial score (nSPS) is 23.8. The Morgan fingerprint density at radius 1 is 0.667 bits per heavy atom. The van der Waals surface area contributed by atoms with Gasteiger partial charge in [-0.05, 0) is 18.1 Å². The van der Waals surface area contributed by atoms with E-state index < -0.39 is 16.2 Å². The van der Waals surface area contributed by atoms with Crippen LogP contribution in [-0.4, -0.2) is 35.3 Å². The molecule has 1 aromatic rings. The van der Waals surface area contributed by atoms with Gasteiger partial charge in [0.25, 0.3) is 0 Å². The molecule has 0 spiro atoms. The molecule has 1 aliphatic heterocycles. The highest BCUT2D eigenvalue weighted by Crippen LogP contribution is 2.60. The number of benzene rings is 1. The zero-order chi connectivity index (χ0) is 22.0. The Bertz CT molecular complexity index is 1020. The molecule has 0 fully saturated rings. The molecule has 0 bridgehead atoms. The first-order chi connectivity index (χ1) is 16.4.